The van der Waals surface area contributed by atoms with Crippen molar-refractivity contribution < 1.29 is 0 Å². The van der Waals surface area contributed by atoms with Crippen molar-refractivity contribution in [3.63, 3.8) is 0 Å². The van der Waals surface area contributed by atoms with Gasteiger partial charge < -0.3 is 16.8 Å². The second-order valence-corrected chi connectivity index (χ2v) is 3.52. The smallest absolute Gasteiger partial charge is 0.0701 e. The van der Waals surface area contributed by atoms with Gasteiger partial charge in [0.2, 0.25) is 0 Å². The van der Waals surface area contributed by atoms with Crippen molar-refractivity contribution in [3.8, 4) is 0 Å². The molecular formula is C13H20N4. The molecule has 0 aliphatic carbocycles. The van der Waals surface area contributed by atoms with E-state index in [0.29, 0.717) is 13.1 Å². The molecule has 92 valence electrons. The first-order valence-corrected chi connectivity index (χ1v) is 5.79. The van der Waals surface area contributed by atoms with Crippen LogP contribution < -0.4 is 16.8 Å². The highest BCUT2D eigenvalue weighted by molar-refractivity contribution is 5.77. The number of benzene rings is 1. The van der Waals surface area contributed by atoms with Gasteiger partial charge in [0.25, 0.3) is 0 Å². The molecule has 2 aromatic rings. The highest BCUT2D eigenvalue weighted by atomic mass is 14.9. The fraction of sp³-hybridized carbons (Fsp3) is 0.308. The molecule has 5 N–H and O–H groups in total. The minimum absolute atomic E-state index is 0.694. The first kappa shape index (κ1) is 13.6. The van der Waals surface area contributed by atoms with E-state index in [1.54, 1.807) is 0 Å². The molecule has 0 amide bonds. The van der Waals surface area contributed by atoms with Crippen LogP contribution in [0, 0.1) is 0 Å². The van der Waals surface area contributed by atoms with Gasteiger partial charge in [0.1, 0.15) is 0 Å². The number of para-hydroxylation sites is 1. The Kier molecular flexibility index (Phi) is 6.90. The largest absolute Gasteiger partial charge is 0.329 e. The van der Waals surface area contributed by atoms with Crippen LogP contribution in [-0.2, 0) is 0 Å². The lowest BCUT2D eigenvalue weighted by Gasteiger charge is -1.95. The number of nitrogens with one attached hydrogen (secondary N) is 1. The summed E-state index contributed by atoms with van der Waals surface area (Å²) in [5.41, 5.74) is 11.4. The van der Waals surface area contributed by atoms with E-state index in [0.717, 1.165) is 18.6 Å². The van der Waals surface area contributed by atoms with E-state index in [2.05, 4.69) is 22.4 Å². The number of hydrogen-bond acceptors (Lipinski definition) is 4. The molecule has 1 aromatic carbocycles. The zero-order valence-corrected chi connectivity index (χ0v) is 9.97. The Morgan fingerprint density at radius 1 is 0.941 bits per heavy atom. The van der Waals surface area contributed by atoms with Crippen LogP contribution in [0.1, 0.15) is 0 Å². The van der Waals surface area contributed by atoms with E-state index >= 15 is 0 Å². The van der Waals surface area contributed by atoms with Gasteiger partial charge >= 0.3 is 0 Å². The minimum Gasteiger partial charge on any atom is -0.329 e. The van der Waals surface area contributed by atoms with Crippen molar-refractivity contribution in [2.45, 2.75) is 0 Å². The predicted molar refractivity (Wildman–Crippen MR) is 72.7 cm³/mol. The highest BCUT2D eigenvalue weighted by Gasteiger charge is 1.86. The summed E-state index contributed by atoms with van der Waals surface area (Å²) in [5.74, 6) is 0. The van der Waals surface area contributed by atoms with E-state index in [9.17, 15) is 0 Å². The first-order valence-electron chi connectivity index (χ1n) is 5.79. The van der Waals surface area contributed by atoms with Crippen LogP contribution in [0.4, 0.5) is 0 Å². The fourth-order valence-corrected chi connectivity index (χ4v) is 1.35. The van der Waals surface area contributed by atoms with E-state index in [1.165, 1.54) is 5.39 Å². The van der Waals surface area contributed by atoms with Crippen LogP contribution >= 0.6 is 0 Å². The summed E-state index contributed by atoms with van der Waals surface area (Å²) < 4.78 is 0. The second-order valence-electron chi connectivity index (χ2n) is 3.52. The lowest BCUT2D eigenvalue weighted by atomic mass is 10.2. The maximum absolute atomic E-state index is 5.17. The number of nitrogens with two attached hydrogens (primary N) is 2. The van der Waals surface area contributed by atoms with Gasteiger partial charge in [-0.2, -0.15) is 0 Å². The Balaban J connectivity index is 0.000000185. The predicted octanol–water partition coefficient (Wildman–Crippen LogP) is 0.728. The van der Waals surface area contributed by atoms with Gasteiger partial charge in [-0.05, 0) is 12.1 Å². The second kappa shape index (κ2) is 8.64. The topological polar surface area (TPSA) is 77.0 Å². The number of hydrogen-bond donors (Lipinski definition) is 3. The van der Waals surface area contributed by atoms with Crippen molar-refractivity contribution >= 4 is 10.9 Å². The van der Waals surface area contributed by atoms with Gasteiger partial charge in [-0.25, -0.2) is 0 Å². The molecule has 0 aliphatic heterocycles. The summed E-state index contributed by atoms with van der Waals surface area (Å²) in [6.07, 6.45) is 1.81. The molecule has 0 spiro atoms. The normalized spacial score (nSPS) is 9.76. The van der Waals surface area contributed by atoms with Crippen LogP contribution in [0.25, 0.3) is 10.9 Å². The summed E-state index contributed by atoms with van der Waals surface area (Å²) in [4.78, 5) is 4.18. The number of rotatable bonds is 4. The molecule has 17 heavy (non-hydrogen) atoms. The first-order chi connectivity index (χ1) is 8.38. The molecule has 0 bridgehead atoms. The molecule has 1 heterocycles. The maximum atomic E-state index is 5.17. The van der Waals surface area contributed by atoms with Crippen LogP contribution in [0.5, 0.6) is 0 Å². The van der Waals surface area contributed by atoms with Crippen molar-refractivity contribution in [2.24, 2.45) is 11.5 Å². The molecule has 0 aliphatic rings. The summed E-state index contributed by atoms with van der Waals surface area (Å²) >= 11 is 0. The summed E-state index contributed by atoms with van der Waals surface area (Å²) in [5, 5.41) is 4.23. The molecule has 4 heteroatoms. The van der Waals surface area contributed by atoms with Gasteiger partial charge in [0.15, 0.2) is 0 Å². The molecule has 0 fully saturated rings. The average molecular weight is 232 g/mol. The summed E-state index contributed by atoms with van der Waals surface area (Å²) in [7, 11) is 0. The molecule has 4 nitrogen and oxygen atoms in total. The van der Waals surface area contributed by atoms with Crippen molar-refractivity contribution in [2.75, 3.05) is 26.2 Å². The third-order valence-electron chi connectivity index (χ3n) is 2.15. The van der Waals surface area contributed by atoms with Crippen LogP contribution in [0.3, 0.4) is 0 Å². The number of nitrogens with zero attached hydrogens (tertiary/aromatic N) is 1. The quantitative estimate of drug-likeness (QED) is 0.679. The standard InChI is InChI=1S/C9H7N.C4H13N3/c1-2-6-9-8(4-1)5-3-7-10-9;5-1-3-7-4-2-6/h1-7H;7H,1-6H2. The van der Waals surface area contributed by atoms with E-state index in [-0.39, 0.29) is 0 Å². The summed E-state index contributed by atoms with van der Waals surface area (Å²) in [6.45, 7) is 3.13. The third-order valence-corrected chi connectivity index (χ3v) is 2.15. The van der Waals surface area contributed by atoms with Gasteiger partial charge in [0.05, 0.1) is 5.52 Å². The Morgan fingerprint density at radius 3 is 2.24 bits per heavy atom. The number of pyridine rings is 1. The molecular weight excluding hydrogens is 212 g/mol. The Morgan fingerprint density at radius 2 is 1.59 bits per heavy atom. The van der Waals surface area contributed by atoms with Crippen molar-refractivity contribution in [3.05, 3.63) is 42.6 Å². The average Bonchev–Trinajstić information content (AvgIpc) is 2.40. The monoisotopic (exact) mass is 232 g/mol. The van der Waals surface area contributed by atoms with Gasteiger partial charge in [-0.15, -0.1) is 0 Å². The minimum atomic E-state index is 0.694. The fourth-order valence-electron chi connectivity index (χ4n) is 1.35. The molecule has 0 unspecified atom stereocenters. The molecule has 0 saturated carbocycles. The lowest BCUT2D eigenvalue weighted by molar-refractivity contribution is 0.696. The zero-order valence-electron chi connectivity index (χ0n) is 9.97. The Hall–Kier alpha value is -1.49. The Labute approximate surface area is 102 Å². The van der Waals surface area contributed by atoms with Crippen LogP contribution in [0.15, 0.2) is 42.6 Å². The van der Waals surface area contributed by atoms with Crippen molar-refractivity contribution in [1.29, 1.82) is 0 Å². The van der Waals surface area contributed by atoms with Crippen LogP contribution in [0.2, 0.25) is 0 Å². The van der Waals surface area contributed by atoms with Crippen molar-refractivity contribution in [1.82, 2.24) is 10.3 Å². The van der Waals surface area contributed by atoms with Gasteiger partial charge in [-0.1, -0.05) is 24.3 Å². The number of fused-ring (bicyclic) bond motifs is 1. The van der Waals surface area contributed by atoms with E-state index in [4.69, 9.17) is 11.5 Å². The lowest BCUT2D eigenvalue weighted by Crippen LogP contribution is -2.27. The molecule has 1 aromatic heterocycles. The number of aromatic nitrogens is 1. The third kappa shape index (κ3) is 5.40. The maximum Gasteiger partial charge on any atom is 0.0701 e. The molecule has 0 atom stereocenters. The van der Waals surface area contributed by atoms with E-state index in [1.807, 2.05) is 30.5 Å². The van der Waals surface area contributed by atoms with Crippen LogP contribution in [-0.4, -0.2) is 31.2 Å². The Bertz CT molecular complexity index is 347. The van der Waals surface area contributed by atoms with Gasteiger partial charge in [0, 0.05) is 37.8 Å². The highest BCUT2D eigenvalue weighted by Crippen LogP contribution is 2.07. The molecule has 2 rings (SSSR count). The molecule has 0 radical (unpaired) electrons. The SMILES string of the molecule is NCCNCCN.c1ccc2ncccc2c1. The van der Waals surface area contributed by atoms with E-state index < -0.39 is 0 Å². The zero-order chi connectivity index (χ0) is 12.3. The molecule has 0 saturated heterocycles. The van der Waals surface area contributed by atoms with Gasteiger partial charge in [-0.3, -0.25) is 4.98 Å². The summed E-state index contributed by atoms with van der Waals surface area (Å²) in [6, 6.07) is 12.1.